The van der Waals surface area contributed by atoms with Crippen molar-refractivity contribution in [2.45, 2.75) is 42.6 Å². The summed E-state index contributed by atoms with van der Waals surface area (Å²) in [6.07, 6.45) is -0.0361. The minimum Gasteiger partial charge on any atom is -0.477 e. The van der Waals surface area contributed by atoms with Crippen molar-refractivity contribution in [1.29, 1.82) is 0 Å². The molecule has 0 unspecified atom stereocenters. The zero-order valence-corrected chi connectivity index (χ0v) is 20.4. The molecule has 2 aliphatic heterocycles. The van der Waals surface area contributed by atoms with Crippen LogP contribution in [0.15, 0.2) is 21.7 Å². The maximum Gasteiger partial charge on any atom is 0.390 e. The summed E-state index contributed by atoms with van der Waals surface area (Å²) in [5.74, 6) is -1.63. The first kappa shape index (κ1) is 24.2. The third-order valence-corrected chi connectivity index (χ3v) is 8.55. The topological polar surface area (TPSA) is 173 Å². The van der Waals surface area contributed by atoms with E-state index >= 15 is 0 Å². The summed E-state index contributed by atoms with van der Waals surface area (Å²) in [7, 11) is 0. The molecule has 2 aromatic heterocycles. The van der Waals surface area contributed by atoms with Gasteiger partial charge in [-0.1, -0.05) is 23.1 Å². The molecule has 4 rings (SSSR count). The molecule has 0 saturated carbocycles. The Bertz CT molecular complexity index is 1210. The van der Waals surface area contributed by atoms with Gasteiger partial charge in [-0.2, -0.15) is 4.68 Å². The second kappa shape index (κ2) is 9.71. The van der Waals surface area contributed by atoms with Gasteiger partial charge in [-0.05, 0) is 24.3 Å². The van der Waals surface area contributed by atoms with Gasteiger partial charge in [-0.3, -0.25) is 14.5 Å². The Morgan fingerprint density at radius 1 is 1.38 bits per heavy atom. The number of nitro groups is 1. The van der Waals surface area contributed by atoms with Gasteiger partial charge in [0, 0.05) is 17.9 Å². The Balaban J connectivity index is 1.37. The highest BCUT2D eigenvalue weighted by Gasteiger charge is 2.54. The lowest BCUT2D eigenvalue weighted by atomic mass is 10.0. The maximum atomic E-state index is 12.8. The zero-order valence-electron chi connectivity index (χ0n) is 18.0. The van der Waals surface area contributed by atoms with E-state index in [2.05, 4.69) is 20.6 Å². The summed E-state index contributed by atoms with van der Waals surface area (Å²) in [5, 5.41) is 35.3. The molecule has 34 heavy (non-hydrogen) atoms. The Morgan fingerprint density at radius 2 is 2.15 bits per heavy atom. The molecule has 13 nitrogen and oxygen atoms in total. The van der Waals surface area contributed by atoms with E-state index in [1.165, 1.54) is 50.5 Å². The van der Waals surface area contributed by atoms with Gasteiger partial charge < -0.3 is 20.5 Å². The number of β-lactam (4-membered cyclic amide) rings is 1. The van der Waals surface area contributed by atoms with Crippen molar-refractivity contribution in [2.24, 2.45) is 0 Å². The van der Waals surface area contributed by atoms with E-state index in [-0.39, 0.29) is 24.5 Å². The van der Waals surface area contributed by atoms with Crippen LogP contribution >= 0.6 is 34.9 Å². The minimum atomic E-state index is -1.19. The Labute approximate surface area is 205 Å². The van der Waals surface area contributed by atoms with Gasteiger partial charge in [-0.15, -0.1) is 22.0 Å². The molecule has 0 radical (unpaired) electrons. The number of carboxylic acids is 1. The first-order chi connectivity index (χ1) is 16.2. The van der Waals surface area contributed by atoms with Crippen LogP contribution in [0, 0.1) is 24.0 Å². The Morgan fingerprint density at radius 3 is 2.76 bits per heavy atom. The van der Waals surface area contributed by atoms with Crippen LogP contribution in [-0.2, 0) is 20.9 Å². The summed E-state index contributed by atoms with van der Waals surface area (Å²) in [5.41, 5.74) is 1.10. The molecule has 1 fully saturated rings. The third kappa shape index (κ3) is 4.78. The number of hydrogen-bond donors (Lipinski definition) is 2. The number of amides is 2. The molecule has 2 aliphatic rings. The summed E-state index contributed by atoms with van der Waals surface area (Å²) in [4.78, 5) is 48.6. The van der Waals surface area contributed by atoms with Gasteiger partial charge in [0.05, 0.1) is 23.4 Å². The fraction of sp³-hybridized carbons (Fsp3) is 0.444. The predicted octanol–water partition coefficient (Wildman–Crippen LogP) is 1.18. The van der Waals surface area contributed by atoms with Crippen LogP contribution in [0.4, 0.5) is 5.82 Å². The van der Waals surface area contributed by atoms with Crippen molar-refractivity contribution in [1.82, 2.24) is 30.2 Å². The molecule has 1 saturated heterocycles. The lowest BCUT2D eigenvalue weighted by Gasteiger charge is -2.49. The van der Waals surface area contributed by atoms with Crippen LogP contribution < -0.4 is 5.32 Å². The first-order valence-corrected chi connectivity index (χ1v) is 12.8. The SMILES string of the molecule is Cc1nnc(SCC2=C(C(=O)O)N3C(=O)[C@@H](NC(=O)CCn4nc([N+](=O)[O-])cc4C)[C@H]3SC2)s1. The smallest absolute Gasteiger partial charge is 0.390 e. The number of hydrogen-bond acceptors (Lipinski definition) is 11. The number of carbonyl (C=O) groups is 3. The fourth-order valence-corrected chi connectivity index (χ4v) is 6.84. The summed E-state index contributed by atoms with van der Waals surface area (Å²) in [6, 6.07) is 0.478. The van der Waals surface area contributed by atoms with Gasteiger partial charge in [0.25, 0.3) is 5.91 Å². The van der Waals surface area contributed by atoms with Crippen LogP contribution in [0.1, 0.15) is 17.1 Å². The number of carboxylic acid groups (broad SMARTS) is 1. The molecule has 4 heterocycles. The van der Waals surface area contributed by atoms with Gasteiger partial charge in [0.2, 0.25) is 5.91 Å². The number of nitrogens with zero attached hydrogens (tertiary/aromatic N) is 6. The van der Waals surface area contributed by atoms with Crippen molar-refractivity contribution in [2.75, 3.05) is 11.5 Å². The number of nitrogens with one attached hydrogen (secondary N) is 1. The Hall–Kier alpha value is -2.98. The van der Waals surface area contributed by atoms with Crippen molar-refractivity contribution in [3.05, 3.63) is 38.2 Å². The number of thioether (sulfide) groups is 2. The molecule has 180 valence electrons. The number of aryl methyl sites for hydroxylation is 3. The van der Waals surface area contributed by atoms with Gasteiger partial charge >= 0.3 is 11.8 Å². The number of aromatic nitrogens is 4. The molecule has 0 spiro atoms. The van der Waals surface area contributed by atoms with Crippen molar-refractivity contribution < 1.29 is 24.4 Å². The molecule has 0 aromatic carbocycles. The zero-order chi connectivity index (χ0) is 24.6. The highest BCUT2D eigenvalue weighted by atomic mass is 32.2. The molecule has 2 atom stereocenters. The summed E-state index contributed by atoms with van der Waals surface area (Å²) < 4.78 is 2.08. The Kier molecular flexibility index (Phi) is 6.90. The van der Waals surface area contributed by atoms with Crippen molar-refractivity contribution in [3.8, 4) is 0 Å². The van der Waals surface area contributed by atoms with E-state index in [0.29, 0.717) is 22.8 Å². The molecule has 0 bridgehead atoms. The van der Waals surface area contributed by atoms with E-state index < -0.39 is 34.1 Å². The van der Waals surface area contributed by atoms with E-state index in [1.807, 2.05) is 6.92 Å². The van der Waals surface area contributed by atoms with Gasteiger partial charge in [-0.25, -0.2) is 4.79 Å². The molecule has 2 aromatic rings. The maximum absolute atomic E-state index is 12.8. The van der Waals surface area contributed by atoms with Crippen LogP contribution in [0.25, 0.3) is 0 Å². The van der Waals surface area contributed by atoms with Crippen molar-refractivity contribution in [3.63, 3.8) is 0 Å². The van der Waals surface area contributed by atoms with E-state index in [1.54, 1.807) is 6.92 Å². The molecule has 2 amide bonds. The number of fused-ring (bicyclic) bond motifs is 1. The van der Waals surface area contributed by atoms with Gasteiger partial charge in [0.1, 0.15) is 22.1 Å². The van der Waals surface area contributed by atoms with Crippen molar-refractivity contribution >= 4 is 58.5 Å². The summed E-state index contributed by atoms with van der Waals surface area (Å²) in [6.45, 7) is 3.59. The summed E-state index contributed by atoms with van der Waals surface area (Å²) >= 11 is 4.17. The van der Waals surface area contributed by atoms with Gasteiger partial charge in [0.15, 0.2) is 4.34 Å². The van der Waals surface area contributed by atoms with Crippen LogP contribution in [0.3, 0.4) is 0 Å². The predicted molar refractivity (Wildman–Crippen MR) is 123 cm³/mol. The highest BCUT2D eigenvalue weighted by Crippen LogP contribution is 2.41. The normalized spacial score (nSPS) is 19.6. The van der Waals surface area contributed by atoms with E-state index in [4.69, 9.17) is 0 Å². The lowest BCUT2D eigenvalue weighted by molar-refractivity contribution is -0.389. The largest absolute Gasteiger partial charge is 0.477 e. The third-order valence-electron chi connectivity index (χ3n) is 5.15. The fourth-order valence-electron chi connectivity index (χ4n) is 3.54. The van der Waals surface area contributed by atoms with Crippen LogP contribution in [-0.4, -0.2) is 75.6 Å². The number of carbonyl (C=O) groups excluding carboxylic acids is 2. The monoisotopic (exact) mass is 525 g/mol. The van der Waals surface area contributed by atoms with Crippen LogP contribution in [0.2, 0.25) is 0 Å². The molecular weight excluding hydrogens is 506 g/mol. The lowest BCUT2D eigenvalue weighted by Crippen LogP contribution is -2.70. The molecule has 16 heteroatoms. The highest BCUT2D eigenvalue weighted by molar-refractivity contribution is 8.01. The van der Waals surface area contributed by atoms with Crippen LogP contribution in [0.5, 0.6) is 0 Å². The average Bonchev–Trinajstić information content (AvgIpc) is 3.38. The second-order valence-corrected chi connectivity index (χ2v) is 11.0. The average molecular weight is 526 g/mol. The quantitative estimate of drug-likeness (QED) is 0.208. The second-order valence-electron chi connectivity index (χ2n) is 7.46. The number of aliphatic carboxylic acids is 1. The number of rotatable bonds is 9. The molecular formula is C18H19N7O6S3. The van der Waals surface area contributed by atoms with E-state index in [0.717, 1.165) is 9.35 Å². The standard InChI is InChI=1S/C18H19N7O6S3/c1-8-5-11(25(30)31)22-23(8)4-3-12(26)19-13-15(27)24-14(17(28)29)10(6-32-16(13)24)7-33-18-21-20-9(2)34-18/h5,13,16H,3-4,6-7H2,1-2H3,(H,19,26)(H,28,29)/t13-,16-/m1/s1. The minimum absolute atomic E-state index is 0.0361. The molecule has 2 N–H and O–H groups in total. The first-order valence-electron chi connectivity index (χ1n) is 9.96. The van der Waals surface area contributed by atoms with E-state index in [9.17, 15) is 29.6 Å². The molecule has 0 aliphatic carbocycles.